The molecule has 1 N–H and O–H groups in total. The summed E-state index contributed by atoms with van der Waals surface area (Å²) in [6.45, 7) is 4.88. The zero-order valence-corrected chi connectivity index (χ0v) is 19.1. The minimum absolute atomic E-state index is 0.0633. The number of nitrogens with one attached hydrogen (secondary N) is 1. The summed E-state index contributed by atoms with van der Waals surface area (Å²) < 4.78 is 49.2. The van der Waals surface area contributed by atoms with Crippen LogP contribution in [0.25, 0.3) is 0 Å². The van der Waals surface area contributed by atoms with Crippen LogP contribution in [0.1, 0.15) is 40.0 Å². The monoisotopic (exact) mass is 490 g/mol. The number of unbranched alkanes of at least 4 members (excludes halogenated alkanes) is 1. The van der Waals surface area contributed by atoms with E-state index < -0.39 is 17.6 Å². The normalized spacial score (nSPS) is 11.1. The van der Waals surface area contributed by atoms with Gasteiger partial charge >= 0.3 is 6.18 Å². The molecule has 32 heavy (non-hydrogen) atoms. The van der Waals surface area contributed by atoms with Crippen LogP contribution >= 0.6 is 23.2 Å². The van der Waals surface area contributed by atoms with E-state index in [4.69, 9.17) is 32.7 Å². The Morgan fingerprint density at radius 1 is 1.12 bits per heavy atom. The Labute approximate surface area is 194 Å². The summed E-state index contributed by atoms with van der Waals surface area (Å²) in [4.78, 5) is 15.5. The lowest BCUT2D eigenvalue weighted by atomic mass is 10.1. The predicted octanol–water partition coefficient (Wildman–Crippen LogP) is 6.00. The molecule has 2 rings (SSSR count). The van der Waals surface area contributed by atoms with E-state index >= 15 is 0 Å². The van der Waals surface area contributed by atoms with Gasteiger partial charge in [-0.2, -0.15) is 13.2 Å². The molecule has 10 heteroatoms. The molecule has 0 radical (unpaired) electrons. The molecule has 1 aromatic carbocycles. The van der Waals surface area contributed by atoms with Crippen molar-refractivity contribution in [2.75, 3.05) is 19.8 Å². The first-order chi connectivity index (χ1) is 15.1. The fourth-order valence-electron chi connectivity index (χ4n) is 2.81. The number of hydrogen-bond acceptors (Lipinski definition) is 4. The van der Waals surface area contributed by atoms with Gasteiger partial charge in [0.2, 0.25) is 0 Å². The molecule has 2 aromatic rings. The number of nitrogens with zero attached hydrogens (tertiary/aromatic N) is 1. The SMILES string of the molecule is Cc1cc(OCC=C(Cl)Cl)cc(C)c1OCCCCNC(=O)c1ccc(C(F)(F)F)cn1. The van der Waals surface area contributed by atoms with Crippen molar-refractivity contribution in [2.24, 2.45) is 0 Å². The van der Waals surface area contributed by atoms with E-state index in [0.717, 1.165) is 29.0 Å². The molecule has 174 valence electrons. The van der Waals surface area contributed by atoms with Gasteiger partial charge in [0.25, 0.3) is 5.91 Å². The molecule has 0 atom stereocenters. The maximum atomic E-state index is 12.5. The highest BCUT2D eigenvalue weighted by Gasteiger charge is 2.30. The maximum Gasteiger partial charge on any atom is 0.417 e. The first kappa shape index (κ1) is 25.8. The number of amides is 1. The van der Waals surface area contributed by atoms with Crippen LogP contribution in [0.2, 0.25) is 0 Å². The van der Waals surface area contributed by atoms with Crippen LogP contribution in [0.4, 0.5) is 13.2 Å². The van der Waals surface area contributed by atoms with E-state index in [1.54, 1.807) is 6.08 Å². The second-order valence-electron chi connectivity index (χ2n) is 6.93. The molecule has 0 aliphatic rings. The Hall–Kier alpha value is -2.45. The lowest BCUT2D eigenvalue weighted by Gasteiger charge is -2.14. The topological polar surface area (TPSA) is 60.5 Å². The number of carbonyl (C=O) groups is 1. The molecule has 0 spiro atoms. The van der Waals surface area contributed by atoms with Crippen LogP contribution < -0.4 is 14.8 Å². The van der Waals surface area contributed by atoms with Crippen molar-refractivity contribution in [2.45, 2.75) is 32.9 Å². The van der Waals surface area contributed by atoms with Gasteiger partial charge in [-0.05, 0) is 68.2 Å². The molecule has 0 fully saturated rings. The summed E-state index contributed by atoms with van der Waals surface area (Å²) in [5.41, 5.74) is 0.879. The maximum absolute atomic E-state index is 12.5. The Morgan fingerprint density at radius 3 is 2.38 bits per heavy atom. The van der Waals surface area contributed by atoms with E-state index in [1.165, 1.54) is 0 Å². The molecule has 1 amide bonds. The molecule has 1 aromatic heterocycles. The molecule has 0 saturated heterocycles. The third kappa shape index (κ3) is 8.24. The summed E-state index contributed by atoms with van der Waals surface area (Å²) in [6.07, 6.45) is -0.978. The first-order valence-electron chi connectivity index (χ1n) is 9.77. The number of rotatable bonds is 10. The molecular formula is C22H23Cl2F3N2O3. The second kappa shape index (κ2) is 12.0. The summed E-state index contributed by atoms with van der Waals surface area (Å²) in [6, 6.07) is 5.60. The zero-order chi connectivity index (χ0) is 23.7. The number of carbonyl (C=O) groups excluding carboxylic acids is 1. The fraction of sp³-hybridized carbons (Fsp3) is 0.364. The van der Waals surface area contributed by atoms with Crippen LogP contribution in [0.3, 0.4) is 0 Å². The van der Waals surface area contributed by atoms with Gasteiger partial charge < -0.3 is 14.8 Å². The van der Waals surface area contributed by atoms with Gasteiger partial charge in [0, 0.05) is 12.7 Å². The number of aryl methyl sites for hydroxylation is 2. The van der Waals surface area contributed by atoms with Crippen molar-refractivity contribution in [1.82, 2.24) is 10.3 Å². The largest absolute Gasteiger partial charge is 0.493 e. The average Bonchev–Trinajstić information content (AvgIpc) is 2.71. The number of benzene rings is 1. The Balaban J connectivity index is 1.73. The van der Waals surface area contributed by atoms with Crippen LogP contribution in [0.15, 0.2) is 41.0 Å². The lowest BCUT2D eigenvalue weighted by Crippen LogP contribution is -2.25. The first-order valence-corrected chi connectivity index (χ1v) is 10.5. The van der Waals surface area contributed by atoms with Crippen molar-refractivity contribution >= 4 is 29.1 Å². The molecule has 0 aliphatic carbocycles. The standard InChI is InChI=1S/C22H23Cl2F3N2O3/c1-14-11-17(31-10-7-19(23)24)12-15(2)20(14)32-9-4-3-8-28-21(30)18-6-5-16(13-29-18)22(25,26)27/h5-7,11-13H,3-4,8-10H2,1-2H3,(H,28,30). The van der Waals surface area contributed by atoms with E-state index in [0.29, 0.717) is 37.9 Å². The molecule has 5 nitrogen and oxygen atoms in total. The zero-order valence-electron chi connectivity index (χ0n) is 17.6. The molecule has 0 unspecified atom stereocenters. The minimum Gasteiger partial charge on any atom is -0.493 e. The summed E-state index contributed by atoms with van der Waals surface area (Å²) in [5, 5.41) is 2.64. The number of ether oxygens (including phenoxy) is 2. The highest BCUT2D eigenvalue weighted by molar-refractivity contribution is 6.55. The Kier molecular flexibility index (Phi) is 9.65. The van der Waals surface area contributed by atoms with Crippen molar-refractivity contribution in [3.63, 3.8) is 0 Å². The summed E-state index contributed by atoms with van der Waals surface area (Å²) in [5.74, 6) is 0.922. The van der Waals surface area contributed by atoms with Gasteiger partial charge in [-0.1, -0.05) is 23.2 Å². The Morgan fingerprint density at radius 2 is 1.81 bits per heavy atom. The summed E-state index contributed by atoms with van der Waals surface area (Å²) >= 11 is 11.1. The Bertz CT molecular complexity index is 921. The van der Waals surface area contributed by atoms with Crippen molar-refractivity contribution in [3.05, 3.63) is 63.4 Å². The van der Waals surface area contributed by atoms with E-state index in [-0.39, 0.29) is 16.8 Å². The highest BCUT2D eigenvalue weighted by Crippen LogP contribution is 2.29. The predicted molar refractivity (Wildman–Crippen MR) is 118 cm³/mol. The van der Waals surface area contributed by atoms with Crippen molar-refractivity contribution < 1.29 is 27.4 Å². The quantitative estimate of drug-likeness (QED) is 0.414. The smallest absolute Gasteiger partial charge is 0.417 e. The number of pyridine rings is 1. The van der Waals surface area contributed by atoms with Gasteiger partial charge in [0.1, 0.15) is 28.3 Å². The van der Waals surface area contributed by atoms with Gasteiger partial charge in [-0.15, -0.1) is 0 Å². The fourth-order valence-corrected chi connectivity index (χ4v) is 2.94. The summed E-state index contributed by atoms with van der Waals surface area (Å²) in [7, 11) is 0. The molecule has 0 aliphatic heterocycles. The van der Waals surface area contributed by atoms with Gasteiger partial charge in [-0.3, -0.25) is 9.78 Å². The van der Waals surface area contributed by atoms with Crippen LogP contribution in [-0.2, 0) is 6.18 Å². The van der Waals surface area contributed by atoms with E-state index in [1.807, 2.05) is 26.0 Å². The number of halogens is 5. The third-order valence-electron chi connectivity index (χ3n) is 4.35. The average molecular weight is 491 g/mol. The van der Waals surface area contributed by atoms with Crippen molar-refractivity contribution in [1.29, 1.82) is 0 Å². The number of aromatic nitrogens is 1. The minimum atomic E-state index is -4.48. The molecule has 0 saturated carbocycles. The second-order valence-corrected chi connectivity index (χ2v) is 7.94. The van der Waals surface area contributed by atoms with E-state index in [2.05, 4.69) is 10.3 Å². The van der Waals surface area contributed by atoms with Crippen LogP contribution in [0.5, 0.6) is 11.5 Å². The van der Waals surface area contributed by atoms with Gasteiger partial charge in [-0.25, -0.2) is 0 Å². The molecular weight excluding hydrogens is 468 g/mol. The highest BCUT2D eigenvalue weighted by atomic mass is 35.5. The van der Waals surface area contributed by atoms with E-state index in [9.17, 15) is 18.0 Å². The van der Waals surface area contributed by atoms with Crippen LogP contribution in [0, 0.1) is 13.8 Å². The molecule has 0 bridgehead atoms. The van der Waals surface area contributed by atoms with Gasteiger partial charge in [0.15, 0.2) is 0 Å². The number of hydrogen-bond donors (Lipinski definition) is 1. The lowest BCUT2D eigenvalue weighted by molar-refractivity contribution is -0.137. The van der Waals surface area contributed by atoms with Gasteiger partial charge in [0.05, 0.1) is 12.2 Å². The van der Waals surface area contributed by atoms with Crippen LogP contribution in [-0.4, -0.2) is 30.6 Å². The third-order valence-corrected chi connectivity index (χ3v) is 4.66. The van der Waals surface area contributed by atoms with Crippen molar-refractivity contribution in [3.8, 4) is 11.5 Å². The molecule has 1 heterocycles. The number of alkyl halides is 3.